The zero-order valence-corrected chi connectivity index (χ0v) is 10.4. The number of nitrogens with zero attached hydrogens (tertiary/aromatic N) is 2. The smallest absolute Gasteiger partial charge is 0.270 e. The molecule has 0 radical (unpaired) electrons. The van der Waals surface area contributed by atoms with Crippen molar-refractivity contribution in [3.8, 4) is 6.07 Å². The van der Waals surface area contributed by atoms with E-state index >= 15 is 0 Å². The van der Waals surface area contributed by atoms with Gasteiger partial charge < -0.3 is 5.32 Å². The fourth-order valence-corrected chi connectivity index (χ4v) is 2.44. The van der Waals surface area contributed by atoms with Crippen molar-refractivity contribution in [1.82, 2.24) is 15.5 Å². The summed E-state index contributed by atoms with van der Waals surface area (Å²) in [7, 11) is 0. The number of nitriles is 1. The molecule has 0 aliphatic heterocycles. The quantitative estimate of drug-likeness (QED) is 0.838. The van der Waals surface area contributed by atoms with E-state index in [1.54, 1.807) is 6.07 Å². The van der Waals surface area contributed by atoms with E-state index in [-0.39, 0.29) is 5.91 Å². The molecule has 1 aromatic heterocycles. The number of hydrogen-bond acceptors (Lipinski definition) is 3. The zero-order valence-electron chi connectivity index (χ0n) is 10.4. The Morgan fingerprint density at radius 1 is 1.33 bits per heavy atom. The minimum atomic E-state index is -0.706. The van der Waals surface area contributed by atoms with Crippen LogP contribution in [0.1, 0.15) is 55.4 Å². The first-order chi connectivity index (χ1) is 8.76. The molecule has 5 heteroatoms. The summed E-state index contributed by atoms with van der Waals surface area (Å²) >= 11 is 0. The summed E-state index contributed by atoms with van der Waals surface area (Å²) in [5, 5.41) is 18.7. The highest BCUT2D eigenvalue weighted by Gasteiger charge is 2.32. The fraction of sp³-hybridized carbons (Fsp3) is 0.615. The van der Waals surface area contributed by atoms with Gasteiger partial charge in [-0.1, -0.05) is 32.1 Å². The molecule has 1 heterocycles. The third-order valence-corrected chi connectivity index (χ3v) is 3.52. The Balaban J connectivity index is 2.07. The van der Waals surface area contributed by atoms with Gasteiger partial charge in [0, 0.05) is 6.20 Å². The molecular formula is C13H18N4O. The number of hydrogen-bond donors (Lipinski definition) is 2. The highest BCUT2D eigenvalue weighted by molar-refractivity contribution is 5.92. The highest BCUT2D eigenvalue weighted by atomic mass is 16.2. The van der Waals surface area contributed by atoms with Gasteiger partial charge in [0.25, 0.3) is 5.91 Å². The number of carbonyl (C=O) groups is 1. The average molecular weight is 246 g/mol. The Kier molecular flexibility index (Phi) is 3.98. The molecule has 1 aromatic rings. The Labute approximate surface area is 107 Å². The van der Waals surface area contributed by atoms with Gasteiger partial charge in [-0.05, 0) is 18.9 Å². The van der Waals surface area contributed by atoms with Crippen molar-refractivity contribution in [1.29, 1.82) is 5.26 Å². The zero-order chi connectivity index (χ0) is 12.8. The van der Waals surface area contributed by atoms with E-state index in [1.165, 1.54) is 12.6 Å². The molecular weight excluding hydrogens is 228 g/mol. The van der Waals surface area contributed by atoms with Crippen molar-refractivity contribution < 1.29 is 4.79 Å². The Bertz CT molecular complexity index is 424. The number of nitrogens with one attached hydrogen (secondary N) is 2. The van der Waals surface area contributed by atoms with Crippen molar-refractivity contribution in [2.45, 2.75) is 50.5 Å². The number of H-pyrrole nitrogens is 1. The van der Waals surface area contributed by atoms with Gasteiger partial charge in [0.05, 0.1) is 6.07 Å². The van der Waals surface area contributed by atoms with Gasteiger partial charge in [-0.3, -0.25) is 9.89 Å². The fourth-order valence-electron chi connectivity index (χ4n) is 2.44. The van der Waals surface area contributed by atoms with Crippen molar-refractivity contribution in [2.75, 3.05) is 0 Å². The van der Waals surface area contributed by atoms with Crippen LogP contribution in [0.3, 0.4) is 0 Å². The number of aromatic nitrogens is 2. The van der Waals surface area contributed by atoms with Gasteiger partial charge in [-0.15, -0.1) is 0 Å². The van der Waals surface area contributed by atoms with E-state index in [1.807, 2.05) is 0 Å². The highest BCUT2D eigenvalue weighted by Crippen LogP contribution is 2.26. The Hall–Kier alpha value is -1.83. The molecule has 0 unspecified atom stereocenters. The van der Waals surface area contributed by atoms with Crippen LogP contribution in [0.2, 0.25) is 0 Å². The first-order valence-electron chi connectivity index (χ1n) is 6.49. The summed E-state index contributed by atoms with van der Waals surface area (Å²) in [6.07, 6.45) is 8.52. The molecule has 2 N–H and O–H groups in total. The van der Waals surface area contributed by atoms with Crippen LogP contribution in [0.4, 0.5) is 0 Å². The topological polar surface area (TPSA) is 81.6 Å². The van der Waals surface area contributed by atoms with E-state index in [2.05, 4.69) is 21.6 Å². The van der Waals surface area contributed by atoms with Gasteiger partial charge in [-0.25, -0.2) is 0 Å². The Morgan fingerprint density at radius 2 is 2.00 bits per heavy atom. The minimum absolute atomic E-state index is 0.241. The summed E-state index contributed by atoms with van der Waals surface area (Å²) in [5.41, 5.74) is -0.297. The molecule has 0 bridgehead atoms. The van der Waals surface area contributed by atoms with Crippen molar-refractivity contribution in [2.24, 2.45) is 0 Å². The second kappa shape index (κ2) is 5.67. The summed E-state index contributed by atoms with van der Waals surface area (Å²) in [5.74, 6) is -0.241. The lowest BCUT2D eigenvalue weighted by molar-refractivity contribution is 0.0902. The number of carbonyl (C=O) groups excluding carboxylic acids is 1. The van der Waals surface area contributed by atoms with Crippen LogP contribution in [0.5, 0.6) is 0 Å². The molecule has 1 fully saturated rings. The van der Waals surface area contributed by atoms with E-state index < -0.39 is 5.54 Å². The lowest BCUT2D eigenvalue weighted by Gasteiger charge is -2.29. The molecule has 0 atom stereocenters. The van der Waals surface area contributed by atoms with Crippen LogP contribution in [0.15, 0.2) is 12.3 Å². The third-order valence-electron chi connectivity index (χ3n) is 3.52. The Morgan fingerprint density at radius 3 is 2.56 bits per heavy atom. The predicted octanol–water partition coefficient (Wildman–Crippen LogP) is 2.15. The molecule has 5 nitrogen and oxygen atoms in total. The number of aromatic amines is 1. The lowest BCUT2D eigenvalue weighted by atomic mass is 9.85. The van der Waals surface area contributed by atoms with E-state index in [0.29, 0.717) is 5.69 Å². The SMILES string of the molecule is N#CC1(NC(=O)c2ccn[nH]2)CCCCCCC1. The maximum atomic E-state index is 12.0. The second-order valence-corrected chi connectivity index (χ2v) is 4.89. The van der Waals surface area contributed by atoms with Crippen molar-refractivity contribution in [3.05, 3.63) is 18.0 Å². The number of amides is 1. The maximum absolute atomic E-state index is 12.0. The van der Waals surface area contributed by atoms with Crippen LogP contribution >= 0.6 is 0 Å². The van der Waals surface area contributed by atoms with Gasteiger partial charge in [0.1, 0.15) is 11.2 Å². The molecule has 18 heavy (non-hydrogen) atoms. The molecule has 0 spiro atoms. The molecule has 1 amide bonds. The van der Waals surface area contributed by atoms with Crippen LogP contribution in [0.25, 0.3) is 0 Å². The first-order valence-corrected chi connectivity index (χ1v) is 6.49. The maximum Gasteiger partial charge on any atom is 0.270 e. The van der Waals surface area contributed by atoms with Crippen LogP contribution < -0.4 is 5.32 Å². The van der Waals surface area contributed by atoms with Gasteiger partial charge in [0.2, 0.25) is 0 Å². The van der Waals surface area contributed by atoms with Crippen LogP contribution in [0, 0.1) is 11.3 Å². The summed E-state index contributed by atoms with van der Waals surface area (Å²) in [6, 6.07) is 3.93. The summed E-state index contributed by atoms with van der Waals surface area (Å²) < 4.78 is 0. The lowest BCUT2D eigenvalue weighted by Crippen LogP contribution is -2.47. The van der Waals surface area contributed by atoms with Gasteiger partial charge in [-0.2, -0.15) is 10.4 Å². The molecule has 1 aliphatic carbocycles. The summed E-state index contributed by atoms with van der Waals surface area (Å²) in [4.78, 5) is 12.0. The van der Waals surface area contributed by atoms with E-state index in [9.17, 15) is 10.1 Å². The molecule has 0 saturated heterocycles. The molecule has 2 rings (SSSR count). The predicted molar refractivity (Wildman–Crippen MR) is 66.7 cm³/mol. The van der Waals surface area contributed by atoms with Crippen LogP contribution in [-0.2, 0) is 0 Å². The average Bonchev–Trinajstić information content (AvgIpc) is 2.86. The monoisotopic (exact) mass is 246 g/mol. The summed E-state index contributed by atoms with van der Waals surface area (Å²) in [6.45, 7) is 0. The molecule has 1 aliphatic rings. The minimum Gasteiger partial charge on any atom is -0.332 e. The standard InChI is InChI=1S/C13H18N4O/c14-10-13(7-4-2-1-3-5-8-13)16-12(18)11-6-9-15-17-11/h6,9H,1-5,7-8H2,(H,15,17)(H,16,18). The third kappa shape index (κ3) is 2.89. The largest absolute Gasteiger partial charge is 0.332 e. The van der Waals surface area contributed by atoms with Gasteiger partial charge >= 0.3 is 0 Å². The number of rotatable bonds is 2. The van der Waals surface area contributed by atoms with Gasteiger partial charge in [0.15, 0.2) is 0 Å². The van der Waals surface area contributed by atoms with E-state index in [0.717, 1.165) is 38.5 Å². The molecule has 1 saturated carbocycles. The second-order valence-electron chi connectivity index (χ2n) is 4.89. The first kappa shape index (κ1) is 12.6. The normalized spacial score (nSPS) is 19.3. The van der Waals surface area contributed by atoms with Crippen LogP contribution in [-0.4, -0.2) is 21.6 Å². The van der Waals surface area contributed by atoms with E-state index in [4.69, 9.17) is 0 Å². The van der Waals surface area contributed by atoms with Crippen molar-refractivity contribution >= 4 is 5.91 Å². The molecule has 96 valence electrons. The molecule has 0 aromatic carbocycles. The van der Waals surface area contributed by atoms with Crippen molar-refractivity contribution in [3.63, 3.8) is 0 Å².